The molecule has 0 N–H and O–H groups in total. The van der Waals surface area contributed by atoms with E-state index in [1.165, 1.54) is 19.3 Å². The van der Waals surface area contributed by atoms with Crippen molar-refractivity contribution in [3.63, 3.8) is 0 Å². The number of allylic oxidation sites excluding steroid dienone is 2. The molecule has 1 saturated carbocycles. The van der Waals surface area contributed by atoms with E-state index in [0.717, 1.165) is 11.8 Å². The van der Waals surface area contributed by atoms with Gasteiger partial charge in [-0.15, -0.1) is 0 Å². The summed E-state index contributed by atoms with van der Waals surface area (Å²) in [4.78, 5) is 0. The summed E-state index contributed by atoms with van der Waals surface area (Å²) < 4.78 is 0. The molecule has 1 fully saturated rings. The van der Waals surface area contributed by atoms with Crippen LogP contribution in [0.4, 0.5) is 0 Å². The first-order valence-electron chi connectivity index (χ1n) is 4.45. The highest BCUT2D eigenvalue weighted by Crippen LogP contribution is 2.35. The Morgan fingerprint density at radius 2 is 1.80 bits per heavy atom. The first kappa shape index (κ1) is 7.84. The third-order valence-electron chi connectivity index (χ3n) is 2.61. The monoisotopic (exact) mass is 138 g/mol. The van der Waals surface area contributed by atoms with Gasteiger partial charge in [0.2, 0.25) is 0 Å². The molecule has 0 aliphatic heterocycles. The lowest BCUT2D eigenvalue weighted by atomic mass is 9.99. The van der Waals surface area contributed by atoms with Gasteiger partial charge in [0.05, 0.1) is 0 Å². The van der Waals surface area contributed by atoms with Gasteiger partial charge >= 0.3 is 0 Å². The van der Waals surface area contributed by atoms with Crippen molar-refractivity contribution in [1.29, 1.82) is 0 Å². The maximum atomic E-state index is 2.42. The Morgan fingerprint density at radius 3 is 2.20 bits per heavy atom. The minimum atomic E-state index is 0.870. The number of hydrogen-bond acceptors (Lipinski definition) is 0. The summed E-state index contributed by atoms with van der Waals surface area (Å²) in [5.41, 5.74) is 1.71. The molecule has 0 bridgehead atoms. The molecule has 1 aliphatic rings. The molecule has 0 radical (unpaired) electrons. The van der Waals surface area contributed by atoms with Crippen LogP contribution in [0.1, 0.15) is 40.0 Å². The zero-order valence-corrected chi connectivity index (χ0v) is 7.35. The predicted molar refractivity (Wildman–Crippen MR) is 45.9 cm³/mol. The van der Waals surface area contributed by atoms with Crippen LogP contribution in [-0.2, 0) is 0 Å². The summed E-state index contributed by atoms with van der Waals surface area (Å²) in [5, 5.41) is 0. The molecule has 0 heterocycles. The topological polar surface area (TPSA) is 0 Å². The Morgan fingerprint density at radius 1 is 1.30 bits per heavy atom. The largest absolute Gasteiger partial charge is 0.0851 e. The number of hydrogen-bond donors (Lipinski definition) is 0. The fourth-order valence-corrected chi connectivity index (χ4v) is 1.96. The lowest BCUT2D eigenvalue weighted by Crippen LogP contribution is -1.94. The Bertz CT molecular complexity index is 121. The van der Waals surface area contributed by atoms with Gasteiger partial charge in [0.15, 0.2) is 0 Å². The number of rotatable bonds is 1. The second-order valence-electron chi connectivity index (χ2n) is 3.49. The van der Waals surface area contributed by atoms with Crippen molar-refractivity contribution in [3.8, 4) is 0 Å². The van der Waals surface area contributed by atoms with E-state index < -0.39 is 0 Å². The summed E-state index contributed by atoms with van der Waals surface area (Å²) >= 11 is 0. The third-order valence-corrected chi connectivity index (χ3v) is 2.61. The molecule has 0 saturated heterocycles. The van der Waals surface area contributed by atoms with Crippen molar-refractivity contribution < 1.29 is 0 Å². The van der Waals surface area contributed by atoms with E-state index >= 15 is 0 Å². The molecule has 0 heteroatoms. The van der Waals surface area contributed by atoms with Gasteiger partial charge in [-0.3, -0.25) is 0 Å². The molecule has 2 unspecified atom stereocenters. The van der Waals surface area contributed by atoms with Gasteiger partial charge in [-0.2, -0.15) is 0 Å². The lowest BCUT2D eigenvalue weighted by Gasteiger charge is -2.07. The molecule has 2 atom stereocenters. The minimum absolute atomic E-state index is 0.870. The van der Waals surface area contributed by atoms with Gasteiger partial charge in [0.25, 0.3) is 0 Å². The van der Waals surface area contributed by atoms with Crippen molar-refractivity contribution in [1.82, 2.24) is 0 Å². The molecule has 1 aliphatic carbocycles. The fraction of sp³-hybridized carbons (Fsp3) is 0.800. The van der Waals surface area contributed by atoms with E-state index in [9.17, 15) is 0 Å². The van der Waals surface area contributed by atoms with Crippen LogP contribution in [0.3, 0.4) is 0 Å². The van der Waals surface area contributed by atoms with Crippen molar-refractivity contribution >= 4 is 0 Å². The molecule has 10 heavy (non-hydrogen) atoms. The average molecular weight is 138 g/mol. The average Bonchev–Trinajstić information content (AvgIpc) is 2.20. The Labute approximate surface area is 64.3 Å². The highest BCUT2D eigenvalue weighted by molar-refractivity contribution is 5.13. The quantitative estimate of drug-likeness (QED) is 0.487. The molecule has 0 spiro atoms. The molecule has 0 nitrogen and oxygen atoms in total. The molecular weight excluding hydrogens is 120 g/mol. The second-order valence-corrected chi connectivity index (χ2v) is 3.49. The molecular formula is C10H18. The molecule has 0 aromatic rings. The standard InChI is InChI=1S/C10H18/c1-4-5-10-8(2)6-7-9(10)3/h5,8-9H,4,6-7H2,1-3H3. The zero-order chi connectivity index (χ0) is 7.56. The SMILES string of the molecule is CCC=C1C(C)CCC1C. The third kappa shape index (κ3) is 1.42. The van der Waals surface area contributed by atoms with E-state index in [-0.39, 0.29) is 0 Å². The first-order chi connectivity index (χ1) is 4.75. The Kier molecular flexibility index (Phi) is 2.53. The van der Waals surface area contributed by atoms with Crippen LogP contribution in [0.25, 0.3) is 0 Å². The van der Waals surface area contributed by atoms with Gasteiger partial charge in [-0.1, -0.05) is 32.4 Å². The summed E-state index contributed by atoms with van der Waals surface area (Å²) in [6.45, 7) is 6.93. The van der Waals surface area contributed by atoms with Crippen LogP contribution in [0.2, 0.25) is 0 Å². The maximum Gasteiger partial charge on any atom is -0.0229 e. The second kappa shape index (κ2) is 3.23. The van der Waals surface area contributed by atoms with E-state index in [4.69, 9.17) is 0 Å². The fourth-order valence-electron chi connectivity index (χ4n) is 1.96. The summed E-state index contributed by atoms with van der Waals surface area (Å²) in [6, 6.07) is 0. The van der Waals surface area contributed by atoms with Gasteiger partial charge in [-0.05, 0) is 31.1 Å². The molecule has 0 amide bonds. The molecule has 58 valence electrons. The van der Waals surface area contributed by atoms with Crippen LogP contribution in [0.15, 0.2) is 11.6 Å². The normalized spacial score (nSPS) is 32.9. The molecule has 0 aromatic heterocycles. The maximum absolute atomic E-state index is 2.42. The van der Waals surface area contributed by atoms with Crippen molar-refractivity contribution in [2.75, 3.05) is 0 Å². The van der Waals surface area contributed by atoms with Gasteiger partial charge in [0.1, 0.15) is 0 Å². The molecule has 0 aromatic carbocycles. The zero-order valence-electron chi connectivity index (χ0n) is 7.35. The van der Waals surface area contributed by atoms with Crippen LogP contribution in [0, 0.1) is 11.8 Å². The predicted octanol–water partition coefficient (Wildman–Crippen LogP) is 3.39. The van der Waals surface area contributed by atoms with Crippen molar-refractivity contribution in [2.24, 2.45) is 11.8 Å². The van der Waals surface area contributed by atoms with Gasteiger partial charge < -0.3 is 0 Å². The first-order valence-corrected chi connectivity index (χ1v) is 4.45. The van der Waals surface area contributed by atoms with E-state index in [1.54, 1.807) is 5.57 Å². The van der Waals surface area contributed by atoms with Crippen LogP contribution < -0.4 is 0 Å². The summed E-state index contributed by atoms with van der Waals surface area (Å²) in [6.07, 6.45) is 6.45. The Balaban J connectivity index is 2.62. The van der Waals surface area contributed by atoms with Gasteiger partial charge in [0, 0.05) is 0 Å². The Hall–Kier alpha value is -0.260. The van der Waals surface area contributed by atoms with Crippen LogP contribution in [-0.4, -0.2) is 0 Å². The van der Waals surface area contributed by atoms with Crippen LogP contribution in [0.5, 0.6) is 0 Å². The van der Waals surface area contributed by atoms with Crippen molar-refractivity contribution in [3.05, 3.63) is 11.6 Å². The van der Waals surface area contributed by atoms with E-state index in [1.807, 2.05) is 0 Å². The van der Waals surface area contributed by atoms with E-state index in [0.29, 0.717) is 0 Å². The summed E-state index contributed by atoms with van der Waals surface area (Å²) in [5.74, 6) is 1.74. The highest BCUT2D eigenvalue weighted by atomic mass is 14.3. The summed E-state index contributed by atoms with van der Waals surface area (Å²) in [7, 11) is 0. The lowest BCUT2D eigenvalue weighted by molar-refractivity contribution is 0.677. The van der Waals surface area contributed by atoms with Crippen LogP contribution >= 0.6 is 0 Å². The minimum Gasteiger partial charge on any atom is -0.0851 e. The van der Waals surface area contributed by atoms with Gasteiger partial charge in [-0.25, -0.2) is 0 Å². The smallest absolute Gasteiger partial charge is 0.0229 e. The molecule has 1 rings (SSSR count). The highest BCUT2D eigenvalue weighted by Gasteiger charge is 2.22. The van der Waals surface area contributed by atoms with Crippen molar-refractivity contribution in [2.45, 2.75) is 40.0 Å². The van der Waals surface area contributed by atoms with E-state index in [2.05, 4.69) is 26.8 Å².